The third kappa shape index (κ3) is 2.24. The molecule has 98 valence electrons. The van der Waals surface area contributed by atoms with Gasteiger partial charge in [0.05, 0.1) is 18.0 Å². The van der Waals surface area contributed by atoms with Gasteiger partial charge >= 0.3 is 0 Å². The van der Waals surface area contributed by atoms with E-state index in [1.807, 2.05) is 59.8 Å². The van der Waals surface area contributed by atoms with E-state index in [-0.39, 0.29) is 0 Å². The van der Waals surface area contributed by atoms with Crippen molar-refractivity contribution in [2.45, 2.75) is 18.4 Å². The van der Waals surface area contributed by atoms with Gasteiger partial charge in [-0.2, -0.15) is 0 Å². The molecular formula is C15H15NO2S. The fourth-order valence-corrected chi connectivity index (χ4v) is 3.56. The fourth-order valence-electron chi connectivity index (χ4n) is 2.22. The molecule has 4 heteroatoms. The summed E-state index contributed by atoms with van der Waals surface area (Å²) in [7, 11) is -1.12. The third-order valence-corrected chi connectivity index (χ3v) is 4.60. The molecule has 3 nitrogen and oxygen atoms in total. The highest BCUT2D eigenvalue weighted by Crippen LogP contribution is 2.33. The van der Waals surface area contributed by atoms with Gasteiger partial charge < -0.3 is 4.74 Å². The Hall–Kier alpha value is -1.81. The maximum Gasteiger partial charge on any atom is 0.153 e. The molecule has 0 aliphatic carbocycles. The predicted molar refractivity (Wildman–Crippen MR) is 76.6 cm³/mol. The molecule has 0 fully saturated rings. The van der Waals surface area contributed by atoms with Crippen LogP contribution in [-0.4, -0.2) is 10.8 Å². The normalized spacial score (nSPS) is 17.3. The van der Waals surface area contributed by atoms with Crippen LogP contribution < -0.4 is 9.04 Å². The Morgan fingerprint density at radius 3 is 2.74 bits per heavy atom. The summed E-state index contributed by atoms with van der Waals surface area (Å²) in [6.07, 6.45) is 0. The van der Waals surface area contributed by atoms with Crippen LogP contribution in [0.2, 0.25) is 0 Å². The third-order valence-electron chi connectivity index (χ3n) is 3.09. The smallest absolute Gasteiger partial charge is 0.153 e. The molecule has 1 unspecified atom stereocenters. The van der Waals surface area contributed by atoms with Crippen molar-refractivity contribution in [2.24, 2.45) is 0 Å². The number of nitrogens with zero attached hydrogens (tertiary/aromatic N) is 1. The number of para-hydroxylation sites is 1. The molecule has 0 radical (unpaired) electrons. The molecule has 0 spiro atoms. The zero-order valence-electron chi connectivity index (χ0n) is 10.7. The Morgan fingerprint density at radius 2 is 2.00 bits per heavy atom. The Kier molecular flexibility index (Phi) is 3.25. The van der Waals surface area contributed by atoms with Crippen molar-refractivity contribution in [3.05, 3.63) is 54.1 Å². The minimum absolute atomic E-state index is 0.643. The first-order chi connectivity index (χ1) is 9.29. The minimum Gasteiger partial charge on any atom is -0.494 e. The zero-order valence-corrected chi connectivity index (χ0v) is 11.5. The van der Waals surface area contributed by atoms with Crippen LogP contribution in [0.5, 0.6) is 5.75 Å². The molecule has 1 aliphatic heterocycles. The molecule has 0 N–H and O–H groups in total. The van der Waals surface area contributed by atoms with Gasteiger partial charge in [-0.15, -0.1) is 0 Å². The molecule has 3 rings (SSSR count). The average molecular weight is 273 g/mol. The minimum atomic E-state index is -1.12. The van der Waals surface area contributed by atoms with Gasteiger partial charge in [-0.3, -0.25) is 4.31 Å². The largest absolute Gasteiger partial charge is 0.494 e. The Bertz CT molecular complexity index is 613. The quantitative estimate of drug-likeness (QED) is 0.860. The summed E-state index contributed by atoms with van der Waals surface area (Å²) in [5, 5.41) is 0. The summed E-state index contributed by atoms with van der Waals surface area (Å²) in [5.74, 6) is 0.841. The van der Waals surface area contributed by atoms with E-state index in [1.165, 1.54) is 0 Å². The summed E-state index contributed by atoms with van der Waals surface area (Å²) < 4.78 is 19.9. The van der Waals surface area contributed by atoms with E-state index < -0.39 is 11.0 Å². The monoisotopic (exact) mass is 273 g/mol. The summed E-state index contributed by atoms with van der Waals surface area (Å²) >= 11 is 0. The van der Waals surface area contributed by atoms with E-state index in [0.29, 0.717) is 13.2 Å². The lowest BCUT2D eigenvalue weighted by Crippen LogP contribution is -2.17. The van der Waals surface area contributed by atoms with Crippen molar-refractivity contribution in [2.75, 3.05) is 10.9 Å². The van der Waals surface area contributed by atoms with Gasteiger partial charge in [0.15, 0.2) is 11.0 Å². The van der Waals surface area contributed by atoms with E-state index in [9.17, 15) is 4.21 Å². The molecule has 0 saturated heterocycles. The van der Waals surface area contributed by atoms with Crippen LogP contribution in [0, 0.1) is 0 Å². The predicted octanol–water partition coefficient (Wildman–Crippen LogP) is 3.13. The van der Waals surface area contributed by atoms with Crippen molar-refractivity contribution < 1.29 is 8.95 Å². The van der Waals surface area contributed by atoms with E-state index in [0.717, 1.165) is 21.9 Å². The number of ether oxygens (including phenoxy) is 1. The van der Waals surface area contributed by atoms with Gasteiger partial charge in [-0.05, 0) is 42.8 Å². The van der Waals surface area contributed by atoms with Gasteiger partial charge in [0, 0.05) is 5.69 Å². The topological polar surface area (TPSA) is 29.5 Å². The molecule has 19 heavy (non-hydrogen) atoms. The Balaban J connectivity index is 1.93. The summed E-state index contributed by atoms with van der Waals surface area (Å²) in [4.78, 5) is 0.882. The lowest BCUT2D eigenvalue weighted by atomic mass is 10.2. The lowest BCUT2D eigenvalue weighted by Gasteiger charge is -2.15. The van der Waals surface area contributed by atoms with E-state index in [1.54, 1.807) is 0 Å². The first-order valence-corrected chi connectivity index (χ1v) is 7.40. The van der Waals surface area contributed by atoms with Gasteiger partial charge in [0.1, 0.15) is 5.75 Å². The van der Waals surface area contributed by atoms with Crippen molar-refractivity contribution in [3.63, 3.8) is 0 Å². The van der Waals surface area contributed by atoms with Crippen LogP contribution in [0.15, 0.2) is 53.4 Å². The Labute approximate surface area is 115 Å². The molecule has 1 heterocycles. The number of hydrogen-bond donors (Lipinski definition) is 0. The number of hydrogen-bond acceptors (Lipinski definition) is 2. The summed E-state index contributed by atoms with van der Waals surface area (Å²) in [6, 6.07) is 15.6. The SMILES string of the molecule is CCOc1ccc2c(c1)CN(c1ccccc1)S2=O. The van der Waals surface area contributed by atoms with Crippen LogP contribution in [-0.2, 0) is 17.5 Å². The summed E-state index contributed by atoms with van der Waals surface area (Å²) in [5.41, 5.74) is 2.06. The van der Waals surface area contributed by atoms with Crippen LogP contribution in [0.3, 0.4) is 0 Å². The van der Waals surface area contributed by atoms with E-state index in [4.69, 9.17) is 4.74 Å². The molecule has 2 aromatic rings. The molecule has 2 aromatic carbocycles. The second-order valence-electron chi connectivity index (χ2n) is 4.32. The van der Waals surface area contributed by atoms with Crippen LogP contribution in [0.4, 0.5) is 5.69 Å². The van der Waals surface area contributed by atoms with Crippen LogP contribution in [0.25, 0.3) is 0 Å². The second kappa shape index (κ2) is 5.05. The molecular weight excluding hydrogens is 258 g/mol. The van der Waals surface area contributed by atoms with Crippen molar-refractivity contribution in [3.8, 4) is 5.75 Å². The van der Waals surface area contributed by atoms with Gasteiger partial charge in [0.25, 0.3) is 0 Å². The van der Waals surface area contributed by atoms with E-state index >= 15 is 0 Å². The molecule has 0 saturated carbocycles. The second-order valence-corrected chi connectivity index (χ2v) is 5.70. The highest BCUT2D eigenvalue weighted by molar-refractivity contribution is 7.86. The molecule has 0 amide bonds. The number of fused-ring (bicyclic) bond motifs is 1. The highest BCUT2D eigenvalue weighted by Gasteiger charge is 2.27. The molecule has 1 atom stereocenters. The Morgan fingerprint density at radius 1 is 1.21 bits per heavy atom. The maximum absolute atomic E-state index is 12.5. The highest BCUT2D eigenvalue weighted by atomic mass is 32.2. The van der Waals surface area contributed by atoms with Gasteiger partial charge in [0.2, 0.25) is 0 Å². The lowest BCUT2D eigenvalue weighted by molar-refractivity contribution is 0.339. The van der Waals surface area contributed by atoms with Crippen molar-refractivity contribution in [1.29, 1.82) is 0 Å². The first kappa shape index (κ1) is 12.2. The number of benzene rings is 2. The average Bonchev–Trinajstić information content (AvgIpc) is 2.77. The molecule has 1 aliphatic rings. The molecule has 0 bridgehead atoms. The van der Waals surface area contributed by atoms with Crippen LogP contribution >= 0.6 is 0 Å². The van der Waals surface area contributed by atoms with Crippen molar-refractivity contribution >= 4 is 16.7 Å². The molecule has 0 aromatic heterocycles. The van der Waals surface area contributed by atoms with Crippen LogP contribution in [0.1, 0.15) is 12.5 Å². The number of anilines is 1. The standard InChI is InChI=1S/C15H15NO2S/c1-2-18-14-8-9-15-12(10-14)11-16(19(15)17)13-6-4-3-5-7-13/h3-10H,2,11H2,1H3. The number of rotatable bonds is 3. The van der Waals surface area contributed by atoms with Crippen molar-refractivity contribution in [1.82, 2.24) is 0 Å². The van der Waals surface area contributed by atoms with E-state index in [2.05, 4.69) is 0 Å². The zero-order chi connectivity index (χ0) is 13.2. The van der Waals surface area contributed by atoms with Gasteiger partial charge in [-0.25, -0.2) is 4.21 Å². The maximum atomic E-state index is 12.5. The first-order valence-electron chi connectivity index (χ1n) is 6.30. The fraction of sp³-hybridized carbons (Fsp3) is 0.200. The summed E-state index contributed by atoms with van der Waals surface area (Å²) in [6.45, 7) is 3.26. The van der Waals surface area contributed by atoms with Gasteiger partial charge in [-0.1, -0.05) is 18.2 Å².